The molecule has 7 nitrogen and oxygen atoms in total. The van der Waals surface area contributed by atoms with Gasteiger partial charge >= 0.3 is 5.97 Å². The number of rotatable bonds is 8. The molecular weight excluding hydrogens is 262 g/mol. The maximum absolute atomic E-state index is 11.7. The van der Waals surface area contributed by atoms with E-state index in [9.17, 15) is 9.59 Å². The summed E-state index contributed by atoms with van der Waals surface area (Å²) in [6, 6.07) is 1.50. The molecule has 0 aliphatic carbocycles. The number of hydrogen-bond donors (Lipinski definition) is 2. The van der Waals surface area contributed by atoms with Crippen molar-refractivity contribution < 1.29 is 19.1 Å². The number of aryl methyl sites for hydroxylation is 1. The molecule has 0 aromatic carbocycles. The van der Waals surface area contributed by atoms with E-state index in [-0.39, 0.29) is 24.2 Å². The minimum atomic E-state index is -0.613. The van der Waals surface area contributed by atoms with Crippen LogP contribution >= 0.6 is 0 Å². The Hall–Kier alpha value is -1.89. The maximum atomic E-state index is 11.7. The molecule has 0 aliphatic rings. The minimum absolute atomic E-state index is 0.132. The summed E-state index contributed by atoms with van der Waals surface area (Å²) in [5.74, 6) is -0.981. The van der Waals surface area contributed by atoms with E-state index in [1.54, 1.807) is 20.1 Å². The number of hydrogen-bond acceptors (Lipinski definition) is 5. The zero-order chi connectivity index (χ0) is 15.0. The van der Waals surface area contributed by atoms with Crippen LogP contribution < -0.4 is 5.32 Å². The van der Waals surface area contributed by atoms with Crippen molar-refractivity contribution in [1.29, 1.82) is 0 Å². The quantitative estimate of drug-likeness (QED) is 0.684. The molecule has 1 rings (SSSR count). The summed E-state index contributed by atoms with van der Waals surface area (Å²) in [6.07, 6.45) is 1.77. The minimum Gasteiger partial charge on any atom is -0.451 e. The van der Waals surface area contributed by atoms with E-state index in [2.05, 4.69) is 15.5 Å². The topological polar surface area (TPSA) is 93.3 Å². The lowest BCUT2D eigenvalue weighted by molar-refractivity contribution is -0.125. The largest absolute Gasteiger partial charge is 0.451 e. The van der Waals surface area contributed by atoms with Crippen LogP contribution in [-0.4, -0.2) is 48.4 Å². The van der Waals surface area contributed by atoms with Gasteiger partial charge in [0.25, 0.3) is 5.91 Å². The molecule has 0 saturated carbocycles. The average Bonchev–Trinajstić information content (AvgIpc) is 2.85. The lowest BCUT2D eigenvalue weighted by atomic mass is 10.2. The number of carbonyl (C=O) groups excluding carboxylic acids is 2. The van der Waals surface area contributed by atoms with Crippen LogP contribution in [-0.2, 0) is 20.7 Å². The highest BCUT2D eigenvalue weighted by molar-refractivity contribution is 5.89. The van der Waals surface area contributed by atoms with Gasteiger partial charge in [0, 0.05) is 18.8 Å². The smallest absolute Gasteiger partial charge is 0.359 e. The molecule has 7 heteroatoms. The molecule has 1 aromatic rings. The van der Waals surface area contributed by atoms with Crippen molar-refractivity contribution in [3.63, 3.8) is 0 Å². The molecule has 112 valence electrons. The van der Waals surface area contributed by atoms with Crippen molar-refractivity contribution in [2.24, 2.45) is 0 Å². The summed E-state index contributed by atoms with van der Waals surface area (Å²) in [4.78, 5) is 23.2. The molecule has 0 radical (unpaired) electrons. The lowest BCUT2D eigenvalue weighted by Gasteiger charge is -2.12. The molecular formula is C13H21N3O4. The fraction of sp³-hybridized carbons (Fsp3) is 0.615. The Bertz CT molecular complexity index is 445. The van der Waals surface area contributed by atoms with Gasteiger partial charge in [-0.15, -0.1) is 0 Å². The highest BCUT2D eigenvalue weighted by atomic mass is 16.5. The molecule has 20 heavy (non-hydrogen) atoms. The van der Waals surface area contributed by atoms with E-state index in [0.29, 0.717) is 6.61 Å². The van der Waals surface area contributed by atoms with E-state index in [1.165, 1.54) is 0 Å². The molecule has 0 bridgehead atoms. The number of nitrogens with zero attached hydrogens (tertiary/aromatic N) is 1. The van der Waals surface area contributed by atoms with Gasteiger partial charge in [0.2, 0.25) is 0 Å². The molecule has 0 fully saturated rings. The molecule has 1 heterocycles. The Balaban J connectivity index is 2.36. The van der Waals surface area contributed by atoms with Crippen LogP contribution in [0.4, 0.5) is 0 Å². The highest BCUT2D eigenvalue weighted by Gasteiger charge is 2.14. The van der Waals surface area contributed by atoms with Gasteiger partial charge in [-0.3, -0.25) is 9.89 Å². The zero-order valence-electron chi connectivity index (χ0n) is 12.1. The van der Waals surface area contributed by atoms with Gasteiger partial charge in [0.15, 0.2) is 12.3 Å². The molecule has 1 unspecified atom stereocenters. The number of aromatic nitrogens is 2. The fourth-order valence-electron chi connectivity index (χ4n) is 1.68. The van der Waals surface area contributed by atoms with Crippen molar-refractivity contribution in [3.05, 3.63) is 17.5 Å². The first kappa shape index (κ1) is 16.2. The SMILES string of the molecule is CCCc1cc(C(=O)OCC(=O)NC(C)COC)n[nH]1. The molecule has 0 aliphatic heterocycles. The third-order valence-corrected chi connectivity index (χ3v) is 2.52. The number of methoxy groups -OCH3 is 1. The number of amides is 1. The number of carbonyl (C=O) groups is 2. The molecule has 2 N–H and O–H groups in total. The molecule has 0 spiro atoms. The van der Waals surface area contributed by atoms with Crippen molar-refractivity contribution in [2.75, 3.05) is 20.3 Å². The molecule has 1 atom stereocenters. The van der Waals surface area contributed by atoms with E-state index < -0.39 is 5.97 Å². The lowest BCUT2D eigenvalue weighted by Crippen LogP contribution is -2.38. The van der Waals surface area contributed by atoms with Gasteiger partial charge in [-0.1, -0.05) is 13.3 Å². The highest BCUT2D eigenvalue weighted by Crippen LogP contribution is 2.04. The van der Waals surface area contributed by atoms with Crippen LogP contribution in [0.3, 0.4) is 0 Å². The number of ether oxygens (including phenoxy) is 2. The predicted molar refractivity (Wildman–Crippen MR) is 72.3 cm³/mol. The van der Waals surface area contributed by atoms with Gasteiger partial charge in [-0.25, -0.2) is 4.79 Å². The summed E-state index contributed by atoms with van der Waals surface area (Å²) in [5.41, 5.74) is 1.06. The van der Waals surface area contributed by atoms with Crippen molar-refractivity contribution >= 4 is 11.9 Å². The summed E-state index contributed by atoms with van der Waals surface area (Å²) in [6.45, 7) is 3.90. The number of nitrogens with one attached hydrogen (secondary N) is 2. The van der Waals surface area contributed by atoms with Crippen LogP contribution in [0.2, 0.25) is 0 Å². The van der Waals surface area contributed by atoms with Gasteiger partial charge in [-0.05, 0) is 19.4 Å². The zero-order valence-corrected chi connectivity index (χ0v) is 12.1. The second kappa shape index (κ2) is 8.31. The second-order valence-electron chi connectivity index (χ2n) is 4.53. The summed E-state index contributed by atoms with van der Waals surface area (Å²) in [5, 5.41) is 9.25. The number of H-pyrrole nitrogens is 1. The number of esters is 1. The van der Waals surface area contributed by atoms with Gasteiger partial charge in [-0.2, -0.15) is 5.10 Å². The van der Waals surface area contributed by atoms with E-state index in [0.717, 1.165) is 18.5 Å². The Labute approximate surface area is 118 Å². The van der Waals surface area contributed by atoms with Gasteiger partial charge < -0.3 is 14.8 Å². The standard InChI is InChI=1S/C13H21N3O4/c1-4-5-10-6-11(16-15-10)13(18)20-8-12(17)14-9(2)7-19-3/h6,9H,4-5,7-8H2,1-3H3,(H,14,17)(H,15,16). The first-order valence-corrected chi connectivity index (χ1v) is 6.56. The first-order chi connectivity index (χ1) is 9.56. The number of aromatic amines is 1. The summed E-state index contributed by atoms with van der Waals surface area (Å²) >= 11 is 0. The summed E-state index contributed by atoms with van der Waals surface area (Å²) < 4.78 is 9.77. The van der Waals surface area contributed by atoms with Gasteiger partial charge in [0.1, 0.15) is 0 Å². The third kappa shape index (κ3) is 5.40. The molecule has 1 aromatic heterocycles. The van der Waals surface area contributed by atoms with Crippen LogP contribution in [0, 0.1) is 0 Å². The molecule has 0 saturated heterocycles. The molecule has 1 amide bonds. The second-order valence-corrected chi connectivity index (χ2v) is 4.53. The Kier molecular flexibility index (Phi) is 6.72. The third-order valence-electron chi connectivity index (χ3n) is 2.52. The monoisotopic (exact) mass is 283 g/mol. The maximum Gasteiger partial charge on any atom is 0.359 e. The van der Waals surface area contributed by atoms with Crippen LogP contribution in [0.15, 0.2) is 6.07 Å². The van der Waals surface area contributed by atoms with E-state index in [4.69, 9.17) is 9.47 Å². The van der Waals surface area contributed by atoms with Crippen LogP contribution in [0.5, 0.6) is 0 Å². The van der Waals surface area contributed by atoms with Crippen molar-refractivity contribution in [3.8, 4) is 0 Å². The Morgan fingerprint density at radius 3 is 2.90 bits per heavy atom. The van der Waals surface area contributed by atoms with Crippen molar-refractivity contribution in [2.45, 2.75) is 32.7 Å². The van der Waals surface area contributed by atoms with E-state index >= 15 is 0 Å². The van der Waals surface area contributed by atoms with Crippen LogP contribution in [0.25, 0.3) is 0 Å². The predicted octanol–water partition coefficient (Wildman–Crippen LogP) is 0.670. The average molecular weight is 283 g/mol. The van der Waals surface area contributed by atoms with E-state index in [1.807, 2.05) is 6.92 Å². The summed E-state index contributed by atoms with van der Waals surface area (Å²) in [7, 11) is 1.55. The first-order valence-electron chi connectivity index (χ1n) is 6.56. The Morgan fingerprint density at radius 2 is 2.25 bits per heavy atom. The van der Waals surface area contributed by atoms with Gasteiger partial charge in [0.05, 0.1) is 6.61 Å². The van der Waals surface area contributed by atoms with Crippen LogP contribution in [0.1, 0.15) is 36.5 Å². The Morgan fingerprint density at radius 1 is 1.50 bits per heavy atom. The fourth-order valence-corrected chi connectivity index (χ4v) is 1.68. The van der Waals surface area contributed by atoms with Crippen molar-refractivity contribution in [1.82, 2.24) is 15.5 Å². The normalized spacial score (nSPS) is 11.9.